The van der Waals surface area contributed by atoms with Crippen LogP contribution in [-0.4, -0.2) is 49.7 Å². The largest absolute Gasteiger partial charge is 0.491 e. The molecule has 2 aromatic carbocycles. The lowest BCUT2D eigenvalue weighted by atomic mass is 10.3. The van der Waals surface area contributed by atoms with Crippen molar-refractivity contribution in [3.05, 3.63) is 73.3 Å². The highest BCUT2D eigenvalue weighted by atomic mass is 16.6. The SMILES string of the molecule is C=CC(=O)OCC(O)COc1ccccc1.CC.CC.CC.CC.CCC.CCC.c1ccc(OCC2CO2)cc1. The van der Waals surface area contributed by atoms with E-state index < -0.39 is 12.1 Å². The average molecular weight is 581 g/mol. The van der Waals surface area contributed by atoms with Crippen LogP contribution in [0.1, 0.15) is 95.9 Å². The number of carbonyl (C=O) groups excluding carboxylic acids is 1. The van der Waals surface area contributed by atoms with Gasteiger partial charge >= 0.3 is 5.97 Å². The van der Waals surface area contributed by atoms with Gasteiger partial charge in [0.2, 0.25) is 0 Å². The van der Waals surface area contributed by atoms with E-state index in [9.17, 15) is 9.90 Å². The van der Waals surface area contributed by atoms with E-state index in [2.05, 4.69) is 39.0 Å². The quantitative estimate of drug-likeness (QED) is 0.181. The van der Waals surface area contributed by atoms with Crippen LogP contribution in [0.2, 0.25) is 0 Å². The number of esters is 1. The lowest BCUT2D eigenvalue weighted by molar-refractivity contribution is -0.141. The molecule has 0 amide bonds. The fraction of sp³-hybridized carbons (Fsp3) is 0.571. The fourth-order valence-corrected chi connectivity index (χ4v) is 1.86. The zero-order valence-electron chi connectivity index (χ0n) is 28.4. The number of rotatable bonds is 9. The van der Waals surface area contributed by atoms with E-state index in [0.29, 0.717) is 18.5 Å². The molecular weight excluding hydrogens is 516 g/mol. The first-order valence-corrected chi connectivity index (χ1v) is 15.4. The van der Waals surface area contributed by atoms with E-state index >= 15 is 0 Å². The van der Waals surface area contributed by atoms with Crippen molar-refractivity contribution in [2.75, 3.05) is 26.4 Å². The number of aliphatic hydroxyl groups excluding tert-OH is 1. The number of ether oxygens (including phenoxy) is 4. The summed E-state index contributed by atoms with van der Waals surface area (Å²) >= 11 is 0. The predicted molar refractivity (Wildman–Crippen MR) is 178 cm³/mol. The molecular formula is C35H64O6. The third-order valence-corrected chi connectivity index (χ3v) is 3.35. The Hall–Kier alpha value is -2.83. The minimum absolute atomic E-state index is 0.0778. The van der Waals surface area contributed by atoms with Crippen molar-refractivity contribution in [2.45, 2.75) is 108 Å². The molecule has 0 spiro atoms. The molecule has 3 rings (SSSR count). The van der Waals surface area contributed by atoms with Crippen molar-refractivity contribution >= 4 is 5.97 Å². The molecule has 41 heavy (non-hydrogen) atoms. The Bertz CT molecular complexity index is 701. The maximum absolute atomic E-state index is 10.7. The number of hydrogen-bond acceptors (Lipinski definition) is 6. The first kappa shape index (κ1) is 47.9. The van der Waals surface area contributed by atoms with Gasteiger partial charge in [-0.1, -0.05) is 139 Å². The normalized spacial score (nSPS) is 11.7. The Morgan fingerprint density at radius 2 is 1.17 bits per heavy atom. The number of aliphatic hydroxyl groups is 1. The molecule has 2 aromatic rings. The van der Waals surface area contributed by atoms with Crippen LogP contribution in [0.5, 0.6) is 11.5 Å². The summed E-state index contributed by atoms with van der Waals surface area (Å²) in [6.07, 6.45) is 3.05. The maximum Gasteiger partial charge on any atom is 0.330 e. The van der Waals surface area contributed by atoms with Gasteiger partial charge < -0.3 is 24.1 Å². The van der Waals surface area contributed by atoms with Crippen molar-refractivity contribution in [1.29, 1.82) is 0 Å². The van der Waals surface area contributed by atoms with Crippen LogP contribution >= 0.6 is 0 Å². The highest BCUT2D eigenvalue weighted by Gasteiger charge is 2.22. The number of para-hydroxylation sites is 2. The first-order chi connectivity index (χ1) is 20.0. The maximum atomic E-state index is 10.7. The Morgan fingerprint density at radius 3 is 1.51 bits per heavy atom. The molecule has 1 aliphatic rings. The smallest absolute Gasteiger partial charge is 0.330 e. The molecule has 0 aromatic heterocycles. The summed E-state index contributed by atoms with van der Waals surface area (Å²) in [6.45, 7) is 29.3. The lowest BCUT2D eigenvalue weighted by Gasteiger charge is -2.11. The number of epoxide rings is 1. The van der Waals surface area contributed by atoms with Gasteiger partial charge in [-0.05, 0) is 24.3 Å². The van der Waals surface area contributed by atoms with Crippen molar-refractivity contribution in [2.24, 2.45) is 0 Å². The second-order valence-electron chi connectivity index (χ2n) is 7.11. The third-order valence-electron chi connectivity index (χ3n) is 3.35. The molecule has 0 radical (unpaired) electrons. The van der Waals surface area contributed by atoms with Crippen molar-refractivity contribution < 1.29 is 28.8 Å². The van der Waals surface area contributed by atoms with Gasteiger partial charge in [0.15, 0.2) is 0 Å². The third kappa shape index (κ3) is 41.8. The van der Waals surface area contributed by atoms with Crippen molar-refractivity contribution in [3.63, 3.8) is 0 Å². The minimum atomic E-state index is -0.843. The molecule has 2 atom stereocenters. The number of hydrogen-bond donors (Lipinski definition) is 1. The van der Waals surface area contributed by atoms with Gasteiger partial charge in [-0.2, -0.15) is 0 Å². The molecule has 1 aliphatic heterocycles. The Morgan fingerprint density at radius 1 is 0.805 bits per heavy atom. The van der Waals surface area contributed by atoms with Crippen LogP contribution in [0.3, 0.4) is 0 Å². The van der Waals surface area contributed by atoms with Crippen LogP contribution in [-0.2, 0) is 14.3 Å². The highest BCUT2D eigenvalue weighted by Crippen LogP contribution is 2.13. The zero-order valence-corrected chi connectivity index (χ0v) is 28.4. The molecule has 6 heteroatoms. The summed E-state index contributed by atoms with van der Waals surface area (Å²) in [5, 5.41) is 9.42. The summed E-state index contributed by atoms with van der Waals surface area (Å²) < 4.78 is 20.3. The zero-order chi connectivity index (χ0) is 32.7. The molecule has 0 aliphatic carbocycles. The van der Waals surface area contributed by atoms with Crippen LogP contribution in [0.25, 0.3) is 0 Å². The fourth-order valence-electron chi connectivity index (χ4n) is 1.86. The van der Waals surface area contributed by atoms with Crippen LogP contribution < -0.4 is 9.47 Å². The van der Waals surface area contributed by atoms with Gasteiger partial charge in [-0.15, -0.1) is 0 Å². The van der Waals surface area contributed by atoms with Gasteiger partial charge in [0.25, 0.3) is 0 Å². The van der Waals surface area contributed by atoms with E-state index in [0.717, 1.165) is 18.4 Å². The molecule has 0 bridgehead atoms. The van der Waals surface area contributed by atoms with Gasteiger partial charge in [0.1, 0.15) is 43.5 Å². The van der Waals surface area contributed by atoms with E-state index in [1.54, 1.807) is 12.1 Å². The summed E-state index contributed by atoms with van der Waals surface area (Å²) in [6, 6.07) is 18.9. The standard InChI is InChI=1S/C12H14O4.C9H10O2.2C3H8.4C2H6/c1-2-12(14)16-9-10(13)8-15-11-6-4-3-5-7-11;1-2-4-8(5-3-1)10-6-9-7-11-9;2*1-3-2;4*1-2/h2-7,10,13H,1,8-9H2;1-5,9H,6-7H2;2*3H2,1-2H3;4*1-2H3. The molecule has 1 heterocycles. The number of benzene rings is 2. The molecule has 2 unspecified atom stereocenters. The Balaban J connectivity index is -0.000000150. The summed E-state index contributed by atoms with van der Waals surface area (Å²) in [7, 11) is 0. The highest BCUT2D eigenvalue weighted by molar-refractivity contribution is 5.81. The van der Waals surface area contributed by atoms with Gasteiger partial charge in [0, 0.05) is 6.08 Å². The molecule has 6 nitrogen and oxygen atoms in total. The molecule has 1 N–H and O–H groups in total. The van der Waals surface area contributed by atoms with E-state index in [1.807, 2.05) is 104 Å². The van der Waals surface area contributed by atoms with E-state index in [1.165, 1.54) is 12.8 Å². The first-order valence-electron chi connectivity index (χ1n) is 15.4. The second-order valence-corrected chi connectivity index (χ2v) is 7.11. The molecule has 1 saturated heterocycles. The van der Waals surface area contributed by atoms with E-state index in [4.69, 9.17) is 14.2 Å². The molecule has 240 valence electrons. The minimum Gasteiger partial charge on any atom is -0.491 e. The lowest BCUT2D eigenvalue weighted by Crippen LogP contribution is -2.24. The van der Waals surface area contributed by atoms with Crippen LogP contribution in [0.4, 0.5) is 0 Å². The summed E-state index contributed by atoms with van der Waals surface area (Å²) in [5.74, 6) is 1.03. The van der Waals surface area contributed by atoms with Gasteiger partial charge in [-0.25, -0.2) is 4.79 Å². The second kappa shape index (κ2) is 44.2. The van der Waals surface area contributed by atoms with Gasteiger partial charge in [0.05, 0.1) is 6.61 Å². The Labute approximate surface area is 254 Å². The molecule has 1 fully saturated rings. The monoisotopic (exact) mass is 580 g/mol. The molecule has 0 saturated carbocycles. The van der Waals surface area contributed by atoms with Crippen LogP contribution in [0.15, 0.2) is 73.3 Å². The average Bonchev–Trinajstić information content (AvgIpc) is 3.89. The summed E-state index contributed by atoms with van der Waals surface area (Å²) in [4.78, 5) is 10.7. The van der Waals surface area contributed by atoms with Crippen molar-refractivity contribution in [1.82, 2.24) is 0 Å². The Kier molecular flexibility index (Phi) is 51.7. The van der Waals surface area contributed by atoms with Gasteiger partial charge in [-0.3, -0.25) is 0 Å². The van der Waals surface area contributed by atoms with E-state index in [-0.39, 0.29) is 13.2 Å². The number of carbonyl (C=O) groups is 1. The summed E-state index contributed by atoms with van der Waals surface area (Å²) in [5.41, 5.74) is 0. The predicted octanol–water partition coefficient (Wildman–Crippen LogP) is 9.56. The van der Waals surface area contributed by atoms with Crippen LogP contribution in [0, 0.1) is 0 Å². The topological polar surface area (TPSA) is 77.5 Å². The van der Waals surface area contributed by atoms with Crippen molar-refractivity contribution in [3.8, 4) is 11.5 Å².